The first-order valence-corrected chi connectivity index (χ1v) is 12.5. The van der Waals surface area contributed by atoms with E-state index in [1.54, 1.807) is 32.4 Å². The second kappa shape index (κ2) is 15.5. The number of likely N-dealkylation sites (N-methyl/N-ethyl adjacent to an activating group) is 1. The van der Waals surface area contributed by atoms with Gasteiger partial charge in [-0.3, -0.25) is 5.41 Å². The number of rotatable bonds is 10. The van der Waals surface area contributed by atoms with E-state index in [9.17, 15) is 13.2 Å². The fourth-order valence-electron chi connectivity index (χ4n) is 3.76. The summed E-state index contributed by atoms with van der Waals surface area (Å²) in [5, 5.41) is 15.7. The van der Waals surface area contributed by atoms with E-state index in [1.165, 1.54) is 13.3 Å². The van der Waals surface area contributed by atoms with Gasteiger partial charge in [0.1, 0.15) is 11.4 Å². The van der Waals surface area contributed by atoms with Crippen LogP contribution in [-0.2, 0) is 10.9 Å². The Balaban J connectivity index is 0.00000181. The summed E-state index contributed by atoms with van der Waals surface area (Å²) in [6.45, 7) is 15.8. The summed E-state index contributed by atoms with van der Waals surface area (Å²) in [6, 6.07) is 7.62. The zero-order valence-electron chi connectivity index (χ0n) is 23.7. The Kier molecular flexibility index (Phi) is 13.2. The van der Waals surface area contributed by atoms with E-state index in [-0.39, 0.29) is 5.71 Å². The van der Waals surface area contributed by atoms with Crippen molar-refractivity contribution < 1.29 is 22.6 Å². The molecule has 214 valence electrons. The van der Waals surface area contributed by atoms with Gasteiger partial charge in [-0.05, 0) is 38.1 Å². The van der Waals surface area contributed by atoms with E-state index in [2.05, 4.69) is 33.5 Å². The van der Waals surface area contributed by atoms with Gasteiger partial charge in [0.15, 0.2) is 5.69 Å². The van der Waals surface area contributed by atoms with Crippen LogP contribution < -0.4 is 15.0 Å². The number of methoxy groups -OCH3 is 2. The molecule has 3 rings (SSSR count). The summed E-state index contributed by atoms with van der Waals surface area (Å²) in [4.78, 5) is 6.76. The van der Waals surface area contributed by atoms with Crippen molar-refractivity contribution in [2.45, 2.75) is 33.9 Å². The Morgan fingerprint density at radius 1 is 1.15 bits per heavy atom. The predicted molar refractivity (Wildman–Crippen MR) is 152 cm³/mol. The molecule has 0 unspecified atom stereocenters. The molecule has 8 nitrogen and oxygen atoms in total. The van der Waals surface area contributed by atoms with Crippen LogP contribution in [0.25, 0.3) is 5.69 Å². The summed E-state index contributed by atoms with van der Waals surface area (Å²) in [5.41, 5.74) is 2.69. The van der Waals surface area contributed by atoms with Crippen molar-refractivity contribution in [1.29, 1.82) is 5.41 Å². The first kappa shape index (κ1) is 33.2. The second-order valence-electron chi connectivity index (χ2n) is 7.73. The average molecular weight is 549 g/mol. The number of pyridine rings is 1. The number of alkyl halides is 3. The van der Waals surface area contributed by atoms with Crippen molar-refractivity contribution in [3.8, 4) is 11.4 Å². The third-order valence-corrected chi connectivity index (χ3v) is 5.50. The summed E-state index contributed by atoms with van der Waals surface area (Å²) < 4.78 is 50.7. The van der Waals surface area contributed by atoms with Crippen molar-refractivity contribution in [3.05, 3.63) is 72.3 Å². The van der Waals surface area contributed by atoms with Crippen LogP contribution in [-0.4, -0.2) is 61.4 Å². The molecule has 0 aliphatic heterocycles. The lowest BCUT2D eigenvalue weighted by molar-refractivity contribution is -0.141. The first-order chi connectivity index (χ1) is 18.6. The molecule has 0 radical (unpaired) electrons. The summed E-state index contributed by atoms with van der Waals surface area (Å²) in [7, 11) is 4.86. The molecule has 0 spiro atoms. The standard InChI is InChI=1S/C24H29F3N6O2.C2H6.C2H4/c1-6-32(11-12-34-4)18-13-15(2)30-23(22(18)29-3)21(28)17-8-7-16(14-19(17)35-5)33-10-9-20(31-33)24(25,26)27;2*1-2/h7-10,13-14,28-29H,6,11-12H2,1-5H3;1-2H3;1-2H2. The fraction of sp³-hybridized carbons (Fsp3) is 0.393. The van der Waals surface area contributed by atoms with Gasteiger partial charge in [0.2, 0.25) is 0 Å². The van der Waals surface area contributed by atoms with Crippen molar-refractivity contribution >= 4 is 17.1 Å². The molecule has 0 saturated heterocycles. The molecule has 39 heavy (non-hydrogen) atoms. The molecule has 2 aromatic heterocycles. The number of hydrogen-bond donors (Lipinski definition) is 2. The topological polar surface area (TPSA) is 88.3 Å². The highest BCUT2D eigenvalue weighted by Crippen LogP contribution is 2.33. The van der Waals surface area contributed by atoms with E-state index in [0.717, 1.165) is 28.7 Å². The van der Waals surface area contributed by atoms with Crippen LogP contribution in [0.15, 0.2) is 49.7 Å². The highest BCUT2D eigenvalue weighted by molar-refractivity contribution is 6.15. The van der Waals surface area contributed by atoms with Gasteiger partial charge in [0, 0.05) is 50.8 Å². The van der Waals surface area contributed by atoms with E-state index >= 15 is 0 Å². The molecule has 0 bridgehead atoms. The third kappa shape index (κ3) is 8.06. The summed E-state index contributed by atoms with van der Waals surface area (Å²) >= 11 is 0. The number of hydrogen-bond acceptors (Lipinski definition) is 7. The highest BCUT2D eigenvalue weighted by atomic mass is 19.4. The first-order valence-electron chi connectivity index (χ1n) is 12.5. The smallest absolute Gasteiger partial charge is 0.435 e. The maximum Gasteiger partial charge on any atom is 0.435 e. The van der Waals surface area contributed by atoms with Gasteiger partial charge in [0.25, 0.3) is 0 Å². The lowest BCUT2D eigenvalue weighted by Gasteiger charge is -2.27. The van der Waals surface area contributed by atoms with Gasteiger partial charge in [-0.25, -0.2) is 9.67 Å². The van der Waals surface area contributed by atoms with E-state index in [1.807, 2.05) is 33.8 Å². The molecule has 0 saturated carbocycles. The molecule has 0 aliphatic rings. The van der Waals surface area contributed by atoms with Crippen molar-refractivity contribution in [2.75, 3.05) is 51.2 Å². The van der Waals surface area contributed by atoms with Gasteiger partial charge in [-0.2, -0.15) is 18.3 Å². The number of nitrogens with zero attached hydrogens (tertiary/aromatic N) is 4. The van der Waals surface area contributed by atoms with Crippen molar-refractivity contribution in [2.24, 2.45) is 0 Å². The average Bonchev–Trinajstić information content (AvgIpc) is 3.46. The quantitative estimate of drug-likeness (QED) is 0.226. The van der Waals surface area contributed by atoms with E-state index < -0.39 is 11.9 Å². The molecule has 0 aliphatic carbocycles. The van der Waals surface area contributed by atoms with Gasteiger partial charge >= 0.3 is 6.18 Å². The Labute approximate surface area is 229 Å². The molecule has 0 fully saturated rings. The van der Waals surface area contributed by atoms with Gasteiger partial charge < -0.3 is 19.7 Å². The SMILES string of the molecule is C=C.CC.CCN(CCOC)c1cc(C)nc(C(=N)c2ccc(-n3ccc(C(F)(F)F)n3)cc2OC)c1NC. The number of nitrogens with one attached hydrogen (secondary N) is 2. The lowest BCUT2D eigenvalue weighted by atomic mass is 10.0. The molecule has 1 aromatic carbocycles. The van der Waals surface area contributed by atoms with Crippen LogP contribution in [0.3, 0.4) is 0 Å². The summed E-state index contributed by atoms with van der Waals surface area (Å²) in [6.07, 6.45) is -3.30. The Morgan fingerprint density at radius 3 is 2.33 bits per heavy atom. The van der Waals surface area contributed by atoms with Crippen LogP contribution in [0.1, 0.15) is 43.4 Å². The Bertz CT molecular complexity index is 1210. The minimum Gasteiger partial charge on any atom is -0.496 e. The van der Waals surface area contributed by atoms with Crippen LogP contribution in [0.5, 0.6) is 5.75 Å². The van der Waals surface area contributed by atoms with E-state index in [4.69, 9.17) is 14.9 Å². The molecule has 2 heterocycles. The number of aryl methyl sites for hydroxylation is 1. The lowest BCUT2D eigenvalue weighted by Crippen LogP contribution is -2.28. The van der Waals surface area contributed by atoms with Gasteiger partial charge in [-0.15, -0.1) is 13.2 Å². The second-order valence-corrected chi connectivity index (χ2v) is 7.73. The summed E-state index contributed by atoms with van der Waals surface area (Å²) in [5.74, 6) is 0.315. The zero-order valence-corrected chi connectivity index (χ0v) is 23.7. The van der Waals surface area contributed by atoms with Crippen molar-refractivity contribution in [3.63, 3.8) is 0 Å². The number of benzene rings is 1. The fourth-order valence-corrected chi connectivity index (χ4v) is 3.76. The number of ether oxygens (including phenoxy) is 2. The number of anilines is 2. The van der Waals surface area contributed by atoms with Crippen LogP contribution in [0.2, 0.25) is 0 Å². The molecule has 2 N–H and O–H groups in total. The van der Waals surface area contributed by atoms with Gasteiger partial charge in [-0.1, -0.05) is 13.8 Å². The Morgan fingerprint density at radius 2 is 1.82 bits per heavy atom. The van der Waals surface area contributed by atoms with Gasteiger partial charge in [0.05, 0.1) is 36.5 Å². The van der Waals surface area contributed by atoms with E-state index in [0.29, 0.717) is 41.5 Å². The third-order valence-electron chi connectivity index (χ3n) is 5.50. The molecule has 0 amide bonds. The minimum atomic E-state index is -4.54. The molecule has 11 heteroatoms. The highest BCUT2D eigenvalue weighted by Gasteiger charge is 2.33. The maximum atomic E-state index is 13.0. The minimum absolute atomic E-state index is 0.113. The molecule has 3 aromatic rings. The normalized spacial score (nSPS) is 10.5. The number of aromatic nitrogens is 3. The largest absolute Gasteiger partial charge is 0.496 e. The maximum absolute atomic E-state index is 13.0. The van der Waals surface area contributed by atoms with Crippen LogP contribution in [0, 0.1) is 12.3 Å². The van der Waals surface area contributed by atoms with Crippen LogP contribution in [0.4, 0.5) is 24.5 Å². The zero-order chi connectivity index (χ0) is 29.8. The van der Waals surface area contributed by atoms with Crippen molar-refractivity contribution in [1.82, 2.24) is 14.8 Å². The van der Waals surface area contributed by atoms with Crippen LogP contribution >= 0.6 is 0 Å². The Hall–Kier alpha value is -3.86. The molecule has 0 atom stereocenters. The molecular weight excluding hydrogens is 509 g/mol. The monoisotopic (exact) mass is 548 g/mol. The predicted octanol–water partition coefficient (Wildman–Crippen LogP) is 6.36. The molecular formula is C28H39F3N6O2. The number of halogens is 3.